The summed E-state index contributed by atoms with van der Waals surface area (Å²) in [5, 5.41) is -0.684. The highest BCUT2D eigenvalue weighted by Gasteiger charge is 2.20. The zero-order valence-corrected chi connectivity index (χ0v) is 8.94. The van der Waals surface area contributed by atoms with Gasteiger partial charge in [0.15, 0.2) is 0 Å². The number of ether oxygens (including phenoxy) is 1. The number of halogens is 4. The van der Waals surface area contributed by atoms with Crippen molar-refractivity contribution in [2.45, 2.75) is 6.43 Å². The molecule has 0 saturated carbocycles. The van der Waals surface area contributed by atoms with Crippen LogP contribution in [-0.2, 0) is 4.74 Å². The van der Waals surface area contributed by atoms with Crippen molar-refractivity contribution in [3.8, 4) is 0 Å². The zero-order chi connectivity index (χ0) is 11.6. The number of esters is 1. The van der Waals surface area contributed by atoms with E-state index in [9.17, 15) is 13.6 Å². The Kier molecular flexibility index (Phi) is 3.82. The van der Waals surface area contributed by atoms with Gasteiger partial charge >= 0.3 is 5.97 Å². The normalized spacial score (nSPS) is 10.5. The van der Waals surface area contributed by atoms with E-state index >= 15 is 0 Å². The van der Waals surface area contributed by atoms with E-state index in [-0.39, 0.29) is 15.7 Å². The van der Waals surface area contributed by atoms with Crippen molar-refractivity contribution in [3.05, 3.63) is 27.5 Å². The van der Waals surface area contributed by atoms with Crippen LogP contribution >= 0.6 is 23.2 Å². The summed E-state index contributed by atoms with van der Waals surface area (Å²) in [5.74, 6) is -0.782. The Morgan fingerprint density at radius 1 is 1.53 bits per heavy atom. The molecule has 0 radical (unpaired) electrons. The molecule has 1 heterocycles. The average Bonchev–Trinajstić information content (AvgIpc) is 2.19. The molecular formula is C8H5Cl2F2NO2. The quantitative estimate of drug-likeness (QED) is 0.602. The van der Waals surface area contributed by atoms with Gasteiger partial charge in [-0.25, -0.2) is 18.6 Å². The van der Waals surface area contributed by atoms with Crippen LogP contribution in [0, 0.1) is 0 Å². The van der Waals surface area contributed by atoms with Crippen molar-refractivity contribution in [1.82, 2.24) is 4.98 Å². The van der Waals surface area contributed by atoms with Gasteiger partial charge in [0.05, 0.1) is 17.7 Å². The molecule has 0 fully saturated rings. The molecule has 0 aliphatic carbocycles. The fraction of sp³-hybridized carbons (Fsp3) is 0.250. The molecule has 0 amide bonds. The van der Waals surface area contributed by atoms with Crippen molar-refractivity contribution in [2.75, 3.05) is 7.11 Å². The maximum absolute atomic E-state index is 12.3. The molecule has 0 atom stereocenters. The van der Waals surface area contributed by atoms with E-state index in [0.717, 1.165) is 13.2 Å². The minimum absolute atomic E-state index is 0.145. The summed E-state index contributed by atoms with van der Waals surface area (Å²) in [5.41, 5.74) is -0.803. The number of carbonyl (C=O) groups is 1. The first-order chi connectivity index (χ1) is 6.97. The molecule has 0 aromatic carbocycles. The van der Waals surface area contributed by atoms with Gasteiger partial charge in [0.2, 0.25) is 0 Å². The molecule has 15 heavy (non-hydrogen) atoms. The van der Waals surface area contributed by atoms with Crippen LogP contribution in [0.3, 0.4) is 0 Å². The standard InChI is InChI=1S/C8H5Cl2F2NO2/c1-15-8(14)3-2-4(9)5(7(11)12)13-6(3)10/h2,7H,1H3. The van der Waals surface area contributed by atoms with Gasteiger partial charge in [-0.3, -0.25) is 0 Å². The molecule has 0 unspecified atom stereocenters. The second-order valence-corrected chi connectivity index (χ2v) is 3.25. The summed E-state index contributed by atoms with van der Waals surface area (Å²) in [7, 11) is 1.13. The third kappa shape index (κ3) is 2.54. The number of rotatable bonds is 2. The smallest absolute Gasteiger partial charge is 0.341 e. The number of carbonyl (C=O) groups excluding carboxylic acids is 1. The van der Waals surface area contributed by atoms with Gasteiger partial charge in [-0.2, -0.15) is 0 Å². The Hall–Kier alpha value is -0.940. The first-order valence-corrected chi connectivity index (χ1v) is 4.45. The van der Waals surface area contributed by atoms with E-state index in [4.69, 9.17) is 23.2 Å². The first-order valence-electron chi connectivity index (χ1n) is 3.69. The fourth-order valence-corrected chi connectivity index (χ4v) is 1.34. The van der Waals surface area contributed by atoms with Crippen LogP contribution in [0.15, 0.2) is 6.07 Å². The van der Waals surface area contributed by atoms with Gasteiger partial charge in [0, 0.05) is 0 Å². The molecule has 1 aromatic heterocycles. The lowest BCUT2D eigenvalue weighted by Gasteiger charge is -2.06. The molecule has 0 N–H and O–H groups in total. The van der Waals surface area contributed by atoms with E-state index in [0.29, 0.717) is 0 Å². The molecule has 0 bridgehead atoms. The number of nitrogens with zero attached hydrogens (tertiary/aromatic N) is 1. The van der Waals surface area contributed by atoms with Gasteiger partial charge in [0.25, 0.3) is 6.43 Å². The second-order valence-electron chi connectivity index (χ2n) is 2.49. The monoisotopic (exact) mass is 255 g/mol. The lowest BCUT2D eigenvalue weighted by molar-refractivity contribution is 0.0600. The lowest BCUT2D eigenvalue weighted by atomic mass is 10.2. The van der Waals surface area contributed by atoms with Gasteiger partial charge in [0.1, 0.15) is 10.8 Å². The van der Waals surface area contributed by atoms with Crippen LogP contribution in [0.4, 0.5) is 8.78 Å². The van der Waals surface area contributed by atoms with Crippen molar-refractivity contribution < 1.29 is 18.3 Å². The first kappa shape index (κ1) is 12.1. The van der Waals surface area contributed by atoms with Crippen LogP contribution in [-0.4, -0.2) is 18.1 Å². The number of alkyl halides is 2. The molecule has 0 saturated heterocycles. The summed E-state index contributed by atoms with van der Waals surface area (Å²) in [6.07, 6.45) is -2.85. The van der Waals surface area contributed by atoms with E-state index in [1.54, 1.807) is 0 Å². The average molecular weight is 256 g/mol. The lowest BCUT2D eigenvalue weighted by Crippen LogP contribution is -2.05. The van der Waals surface area contributed by atoms with Crippen LogP contribution < -0.4 is 0 Å². The Bertz CT molecular complexity index is 398. The Labute approximate surface area is 94.0 Å². The second kappa shape index (κ2) is 4.72. The van der Waals surface area contributed by atoms with Gasteiger partial charge in [-0.05, 0) is 6.07 Å². The number of aromatic nitrogens is 1. The predicted molar refractivity (Wildman–Crippen MR) is 50.6 cm³/mol. The third-order valence-corrected chi connectivity index (χ3v) is 2.16. The minimum atomic E-state index is -2.85. The summed E-state index contributed by atoms with van der Waals surface area (Å²) in [6.45, 7) is 0. The number of methoxy groups -OCH3 is 1. The van der Waals surface area contributed by atoms with Gasteiger partial charge < -0.3 is 4.74 Å². The van der Waals surface area contributed by atoms with Crippen LogP contribution in [0.25, 0.3) is 0 Å². The topological polar surface area (TPSA) is 39.2 Å². The molecule has 7 heteroatoms. The van der Waals surface area contributed by atoms with E-state index in [1.807, 2.05) is 0 Å². The summed E-state index contributed by atoms with van der Waals surface area (Å²) in [4.78, 5) is 14.4. The SMILES string of the molecule is COC(=O)c1cc(Cl)c(C(F)F)nc1Cl. The van der Waals surface area contributed by atoms with E-state index in [2.05, 4.69) is 9.72 Å². The maximum atomic E-state index is 12.3. The Balaban J connectivity index is 3.25. The highest BCUT2D eigenvalue weighted by molar-refractivity contribution is 6.34. The minimum Gasteiger partial charge on any atom is -0.465 e. The van der Waals surface area contributed by atoms with Crippen molar-refractivity contribution in [3.63, 3.8) is 0 Å². The van der Waals surface area contributed by atoms with Crippen molar-refractivity contribution >= 4 is 29.2 Å². The molecule has 0 spiro atoms. The predicted octanol–water partition coefficient (Wildman–Crippen LogP) is 3.11. The summed E-state index contributed by atoms with van der Waals surface area (Å²) >= 11 is 11.0. The highest BCUT2D eigenvalue weighted by atomic mass is 35.5. The number of pyridine rings is 1. The van der Waals surface area contributed by atoms with E-state index < -0.39 is 18.1 Å². The fourth-order valence-electron chi connectivity index (χ4n) is 0.886. The third-order valence-electron chi connectivity index (χ3n) is 1.57. The van der Waals surface area contributed by atoms with Gasteiger partial charge in [-0.1, -0.05) is 23.2 Å². The Morgan fingerprint density at radius 3 is 2.60 bits per heavy atom. The largest absolute Gasteiger partial charge is 0.465 e. The molecule has 82 valence electrons. The molecule has 0 aliphatic heterocycles. The summed E-state index contributed by atoms with van der Waals surface area (Å²) < 4.78 is 29.0. The van der Waals surface area contributed by atoms with Crippen LogP contribution in [0.2, 0.25) is 10.2 Å². The van der Waals surface area contributed by atoms with Crippen molar-refractivity contribution in [2.24, 2.45) is 0 Å². The number of hydrogen-bond acceptors (Lipinski definition) is 3. The molecule has 0 aliphatic rings. The van der Waals surface area contributed by atoms with Crippen LogP contribution in [0.5, 0.6) is 0 Å². The van der Waals surface area contributed by atoms with Crippen LogP contribution in [0.1, 0.15) is 22.5 Å². The molecule has 3 nitrogen and oxygen atoms in total. The maximum Gasteiger partial charge on any atom is 0.341 e. The van der Waals surface area contributed by atoms with E-state index in [1.165, 1.54) is 0 Å². The summed E-state index contributed by atoms with van der Waals surface area (Å²) in [6, 6.07) is 1.00. The molecule has 1 rings (SSSR count). The molecule has 1 aromatic rings. The molecular weight excluding hydrogens is 251 g/mol. The zero-order valence-electron chi connectivity index (χ0n) is 7.43. The van der Waals surface area contributed by atoms with Gasteiger partial charge in [-0.15, -0.1) is 0 Å². The van der Waals surface area contributed by atoms with Crippen molar-refractivity contribution in [1.29, 1.82) is 0 Å². The Morgan fingerprint density at radius 2 is 2.13 bits per heavy atom. The highest BCUT2D eigenvalue weighted by Crippen LogP contribution is 2.29. The number of hydrogen-bond donors (Lipinski definition) is 0.